The molecule has 0 fully saturated rings. The summed E-state index contributed by atoms with van der Waals surface area (Å²) in [6, 6.07) is 23.3. The van der Waals surface area contributed by atoms with Crippen LogP contribution >= 0.6 is 15.9 Å². The Balaban J connectivity index is 1.99. The third kappa shape index (κ3) is 6.95. The lowest BCUT2D eigenvalue weighted by Crippen LogP contribution is -2.51. The molecular weight excluding hydrogens is 542 g/mol. The predicted molar refractivity (Wildman–Crippen MR) is 145 cm³/mol. The maximum atomic E-state index is 13.7. The molecule has 0 unspecified atom stereocenters. The highest BCUT2D eigenvalue weighted by Gasteiger charge is 2.32. The second kappa shape index (κ2) is 12.7. The van der Waals surface area contributed by atoms with E-state index in [0.717, 1.165) is 16.3 Å². The van der Waals surface area contributed by atoms with E-state index in [2.05, 4.69) is 21.2 Å². The SMILES string of the molecule is CCCNC(=O)[C@@H](C)N(Cc1ccccc1)C(=O)CN(c1cccc(Br)c1)S(=O)(=O)c1ccccc1. The first-order valence-corrected chi connectivity index (χ1v) is 13.9. The van der Waals surface area contributed by atoms with E-state index in [4.69, 9.17) is 0 Å². The highest BCUT2D eigenvalue weighted by atomic mass is 79.9. The van der Waals surface area contributed by atoms with Crippen molar-refractivity contribution in [1.29, 1.82) is 0 Å². The van der Waals surface area contributed by atoms with Gasteiger partial charge in [0.15, 0.2) is 0 Å². The molecule has 3 aromatic rings. The van der Waals surface area contributed by atoms with Gasteiger partial charge in [-0.1, -0.05) is 77.5 Å². The third-order valence-electron chi connectivity index (χ3n) is 5.62. The number of sulfonamides is 1. The van der Waals surface area contributed by atoms with Crippen LogP contribution in [0.4, 0.5) is 5.69 Å². The van der Waals surface area contributed by atoms with E-state index in [9.17, 15) is 18.0 Å². The molecule has 0 spiro atoms. The van der Waals surface area contributed by atoms with Crippen molar-refractivity contribution in [3.05, 3.63) is 95.0 Å². The summed E-state index contributed by atoms with van der Waals surface area (Å²) in [4.78, 5) is 28.0. The van der Waals surface area contributed by atoms with Gasteiger partial charge in [0.25, 0.3) is 10.0 Å². The first-order chi connectivity index (χ1) is 17.2. The highest BCUT2D eigenvalue weighted by Crippen LogP contribution is 2.27. The molecule has 0 saturated carbocycles. The van der Waals surface area contributed by atoms with Gasteiger partial charge in [-0.2, -0.15) is 0 Å². The largest absolute Gasteiger partial charge is 0.354 e. The van der Waals surface area contributed by atoms with Crippen LogP contribution in [0.3, 0.4) is 0 Å². The summed E-state index contributed by atoms with van der Waals surface area (Å²) >= 11 is 3.39. The van der Waals surface area contributed by atoms with E-state index in [-0.39, 0.29) is 17.3 Å². The molecule has 0 radical (unpaired) electrons. The summed E-state index contributed by atoms with van der Waals surface area (Å²) in [7, 11) is -4.07. The van der Waals surface area contributed by atoms with Gasteiger partial charge in [-0.25, -0.2) is 8.42 Å². The third-order valence-corrected chi connectivity index (χ3v) is 7.90. The van der Waals surface area contributed by atoms with Crippen molar-refractivity contribution < 1.29 is 18.0 Å². The van der Waals surface area contributed by atoms with Crippen LogP contribution in [-0.2, 0) is 26.2 Å². The van der Waals surface area contributed by atoms with Crippen molar-refractivity contribution in [1.82, 2.24) is 10.2 Å². The number of amides is 2. The molecular formula is C27H30BrN3O4S. The Morgan fingerprint density at radius 3 is 2.19 bits per heavy atom. The van der Waals surface area contributed by atoms with Crippen LogP contribution in [0.5, 0.6) is 0 Å². The Kier molecular flexibility index (Phi) is 9.66. The van der Waals surface area contributed by atoms with Gasteiger partial charge in [0, 0.05) is 17.6 Å². The molecule has 190 valence electrons. The van der Waals surface area contributed by atoms with Gasteiger partial charge in [-0.05, 0) is 49.2 Å². The van der Waals surface area contributed by atoms with Crippen molar-refractivity contribution in [3.8, 4) is 0 Å². The van der Waals surface area contributed by atoms with Crippen LogP contribution in [0.2, 0.25) is 0 Å². The topological polar surface area (TPSA) is 86.8 Å². The van der Waals surface area contributed by atoms with Crippen LogP contribution in [-0.4, -0.2) is 44.3 Å². The molecule has 3 aromatic carbocycles. The number of rotatable bonds is 11. The summed E-state index contributed by atoms with van der Waals surface area (Å²) in [6.45, 7) is 3.79. The smallest absolute Gasteiger partial charge is 0.264 e. The van der Waals surface area contributed by atoms with Crippen molar-refractivity contribution in [2.24, 2.45) is 0 Å². The number of hydrogen-bond donors (Lipinski definition) is 1. The standard InChI is InChI=1S/C27H30BrN3O4S/c1-3-17-29-27(33)21(2)30(19-22-11-6-4-7-12-22)26(32)20-31(24-14-10-13-23(28)18-24)36(34,35)25-15-8-5-9-16-25/h4-16,18,21H,3,17,19-20H2,1-2H3,(H,29,33)/t21-/m1/s1. The molecule has 0 aromatic heterocycles. The summed E-state index contributed by atoms with van der Waals surface area (Å²) in [6.07, 6.45) is 0.761. The average Bonchev–Trinajstić information content (AvgIpc) is 2.89. The van der Waals surface area contributed by atoms with Crippen molar-refractivity contribution in [3.63, 3.8) is 0 Å². The molecule has 0 heterocycles. The van der Waals surface area contributed by atoms with Gasteiger partial charge in [-0.15, -0.1) is 0 Å². The first kappa shape index (κ1) is 27.4. The Morgan fingerprint density at radius 1 is 0.944 bits per heavy atom. The van der Waals surface area contributed by atoms with Gasteiger partial charge >= 0.3 is 0 Å². The van der Waals surface area contributed by atoms with E-state index >= 15 is 0 Å². The van der Waals surface area contributed by atoms with Crippen LogP contribution < -0.4 is 9.62 Å². The molecule has 9 heteroatoms. The number of halogens is 1. The van der Waals surface area contributed by atoms with Crippen molar-refractivity contribution in [2.75, 3.05) is 17.4 Å². The molecule has 1 N–H and O–H groups in total. The molecule has 0 aliphatic heterocycles. The molecule has 36 heavy (non-hydrogen) atoms. The Morgan fingerprint density at radius 2 is 1.58 bits per heavy atom. The fraction of sp³-hybridized carbons (Fsp3) is 0.259. The fourth-order valence-electron chi connectivity index (χ4n) is 3.64. The van der Waals surface area contributed by atoms with Crippen LogP contribution in [0.1, 0.15) is 25.8 Å². The maximum Gasteiger partial charge on any atom is 0.264 e. The number of carbonyl (C=O) groups excluding carboxylic acids is 2. The molecule has 2 amide bonds. The molecule has 3 rings (SSSR count). The molecule has 7 nitrogen and oxygen atoms in total. The summed E-state index contributed by atoms with van der Waals surface area (Å²) < 4.78 is 29.1. The van der Waals surface area contributed by atoms with E-state index in [1.165, 1.54) is 17.0 Å². The van der Waals surface area contributed by atoms with Gasteiger partial charge in [0.1, 0.15) is 12.6 Å². The summed E-state index contributed by atoms with van der Waals surface area (Å²) in [5.74, 6) is -0.779. The number of carbonyl (C=O) groups is 2. The quantitative estimate of drug-likeness (QED) is 0.364. The Labute approximate surface area is 221 Å². The highest BCUT2D eigenvalue weighted by molar-refractivity contribution is 9.10. The Hall–Kier alpha value is -3.17. The van der Waals surface area contributed by atoms with Crippen LogP contribution in [0, 0.1) is 0 Å². The minimum atomic E-state index is -4.07. The van der Waals surface area contributed by atoms with Gasteiger partial charge in [0.05, 0.1) is 10.6 Å². The second-order valence-corrected chi connectivity index (χ2v) is 11.1. The number of nitrogens with zero attached hydrogens (tertiary/aromatic N) is 2. The molecule has 0 aliphatic rings. The fourth-order valence-corrected chi connectivity index (χ4v) is 5.45. The second-order valence-electron chi connectivity index (χ2n) is 8.28. The number of benzene rings is 3. The minimum Gasteiger partial charge on any atom is -0.354 e. The van der Waals surface area contributed by atoms with E-state index in [1.54, 1.807) is 49.4 Å². The lowest BCUT2D eigenvalue weighted by Gasteiger charge is -2.32. The van der Waals surface area contributed by atoms with Crippen LogP contribution in [0.25, 0.3) is 0 Å². The molecule has 0 aliphatic carbocycles. The number of anilines is 1. The first-order valence-electron chi connectivity index (χ1n) is 11.7. The van der Waals surface area contributed by atoms with E-state index in [1.807, 2.05) is 37.3 Å². The zero-order valence-corrected chi connectivity index (χ0v) is 22.7. The van der Waals surface area contributed by atoms with Gasteiger partial charge in [-0.3, -0.25) is 13.9 Å². The van der Waals surface area contributed by atoms with Crippen LogP contribution in [0.15, 0.2) is 94.3 Å². The number of hydrogen-bond acceptors (Lipinski definition) is 4. The predicted octanol–water partition coefficient (Wildman–Crippen LogP) is 4.59. The normalized spacial score (nSPS) is 12.0. The minimum absolute atomic E-state index is 0.0705. The monoisotopic (exact) mass is 571 g/mol. The van der Waals surface area contributed by atoms with Gasteiger partial charge < -0.3 is 10.2 Å². The maximum absolute atomic E-state index is 13.7. The van der Waals surface area contributed by atoms with Crippen molar-refractivity contribution in [2.45, 2.75) is 37.8 Å². The zero-order valence-electron chi connectivity index (χ0n) is 20.3. The Bertz CT molecular complexity index is 1270. The number of nitrogens with one attached hydrogen (secondary N) is 1. The summed E-state index contributed by atoms with van der Waals surface area (Å²) in [5.41, 5.74) is 1.17. The van der Waals surface area contributed by atoms with Gasteiger partial charge in [0.2, 0.25) is 11.8 Å². The van der Waals surface area contributed by atoms with E-state index < -0.39 is 28.5 Å². The lowest BCUT2D eigenvalue weighted by molar-refractivity contribution is -0.139. The summed E-state index contributed by atoms with van der Waals surface area (Å²) in [5, 5.41) is 2.83. The average molecular weight is 573 g/mol. The molecule has 0 bridgehead atoms. The zero-order chi connectivity index (χ0) is 26.1. The molecule has 0 saturated heterocycles. The van der Waals surface area contributed by atoms with E-state index in [0.29, 0.717) is 16.7 Å². The lowest BCUT2D eigenvalue weighted by atomic mass is 10.1. The van der Waals surface area contributed by atoms with Crippen molar-refractivity contribution >= 4 is 43.5 Å². The molecule has 1 atom stereocenters.